The average molecular weight is 484 g/mol. The van der Waals surface area contributed by atoms with E-state index < -0.39 is 6.43 Å². The highest BCUT2D eigenvalue weighted by atomic mass is 19.3. The molecule has 3 aromatic rings. The summed E-state index contributed by atoms with van der Waals surface area (Å²) in [4.78, 5) is 19.3. The van der Waals surface area contributed by atoms with Crippen LogP contribution in [-0.2, 0) is 6.42 Å². The van der Waals surface area contributed by atoms with Gasteiger partial charge in [0.15, 0.2) is 5.65 Å². The quantitative estimate of drug-likeness (QED) is 0.551. The number of rotatable bonds is 7. The zero-order valence-electron chi connectivity index (χ0n) is 19.6. The number of aromatic nitrogens is 3. The highest BCUT2D eigenvalue weighted by molar-refractivity contribution is 6.08. The largest absolute Gasteiger partial charge is 0.490 e. The normalized spacial score (nSPS) is 24.3. The predicted molar refractivity (Wildman–Crippen MR) is 124 cm³/mol. The molecule has 0 spiro atoms. The molecule has 0 bridgehead atoms. The molecule has 2 fully saturated rings. The van der Waals surface area contributed by atoms with Crippen molar-refractivity contribution in [1.82, 2.24) is 19.5 Å². The molecule has 3 aliphatic rings. The Kier molecular flexibility index (Phi) is 5.17. The van der Waals surface area contributed by atoms with Gasteiger partial charge in [-0.25, -0.2) is 18.3 Å². The van der Waals surface area contributed by atoms with E-state index in [2.05, 4.69) is 15.4 Å². The van der Waals surface area contributed by atoms with Gasteiger partial charge in [0.05, 0.1) is 18.4 Å². The Balaban J connectivity index is 1.26. The molecule has 1 aromatic carbocycles. The summed E-state index contributed by atoms with van der Waals surface area (Å²) in [5.41, 5.74) is 1.90. The Morgan fingerprint density at radius 1 is 1.34 bits per heavy atom. The third-order valence-electron chi connectivity index (χ3n) is 7.07. The first kappa shape index (κ1) is 22.2. The van der Waals surface area contributed by atoms with Crippen LogP contribution >= 0.6 is 0 Å². The lowest BCUT2D eigenvalue weighted by Gasteiger charge is -2.27. The number of fused-ring (bicyclic) bond motifs is 3. The van der Waals surface area contributed by atoms with Gasteiger partial charge in [0.1, 0.15) is 29.3 Å². The van der Waals surface area contributed by atoms with Crippen molar-refractivity contribution in [2.45, 2.75) is 57.2 Å². The molecule has 4 heterocycles. The van der Waals surface area contributed by atoms with Crippen LogP contribution in [0.25, 0.3) is 5.65 Å². The number of carbonyl (C=O) groups excluding carboxylic acids is 1. The SMILES string of the molecule is CC1(C)Cc2cc(NC(=O)c3cnn4cccnc34)c(OC[C@@H]3C[C@@H]4CC4N3CC(F)F)cc2O1. The molecule has 1 saturated carbocycles. The summed E-state index contributed by atoms with van der Waals surface area (Å²) in [5.74, 6) is 1.29. The smallest absolute Gasteiger partial charge is 0.261 e. The maximum absolute atomic E-state index is 13.2. The second kappa shape index (κ2) is 8.15. The highest BCUT2D eigenvalue weighted by Gasteiger charge is 2.52. The Morgan fingerprint density at radius 2 is 2.20 bits per heavy atom. The van der Waals surface area contributed by atoms with Crippen molar-refractivity contribution in [3.8, 4) is 11.5 Å². The van der Waals surface area contributed by atoms with Gasteiger partial charge >= 0.3 is 0 Å². The lowest BCUT2D eigenvalue weighted by molar-refractivity contribution is 0.0578. The molecule has 2 aromatic heterocycles. The second-order valence-corrected chi connectivity index (χ2v) is 10.2. The van der Waals surface area contributed by atoms with E-state index in [1.807, 2.05) is 24.8 Å². The summed E-state index contributed by atoms with van der Waals surface area (Å²) in [5, 5.41) is 7.14. The number of benzene rings is 1. The van der Waals surface area contributed by atoms with E-state index in [-0.39, 0.29) is 36.7 Å². The molecule has 3 atom stereocenters. The monoisotopic (exact) mass is 483 g/mol. The highest BCUT2D eigenvalue weighted by Crippen LogP contribution is 2.48. The molecule has 0 radical (unpaired) electrons. The van der Waals surface area contributed by atoms with Crippen LogP contribution < -0.4 is 14.8 Å². The number of hydrogen-bond acceptors (Lipinski definition) is 6. The van der Waals surface area contributed by atoms with Crippen LogP contribution in [0.2, 0.25) is 0 Å². The summed E-state index contributed by atoms with van der Waals surface area (Å²) < 4.78 is 40.1. The molecule has 35 heavy (non-hydrogen) atoms. The molecule has 184 valence electrons. The van der Waals surface area contributed by atoms with Crippen molar-refractivity contribution in [3.05, 3.63) is 47.9 Å². The molecule has 1 unspecified atom stereocenters. The molecule has 10 heteroatoms. The van der Waals surface area contributed by atoms with Gasteiger partial charge in [-0.15, -0.1) is 0 Å². The number of halogens is 2. The minimum Gasteiger partial charge on any atom is -0.490 e. The van der Waals surface area contributed by atoms with Crippen molar-refractivity contribution in [2.75, 3.05) is 18.5 Å². The van der Waals surface area contributed by atoms with Crippen LogP contribution in [0.5, 0.6) is 11.5 Å². The summed E-state index contributed by atoms with van der Waals surface area (Å²) in [6, 6.07) is 5.57. The number of nitrogens with zero attached hydrogens (tertiary/aromatic N) is 4. The van der Waals surface area contributed by atoms with E-state index >= 15 is 0 Å². The van der Waals surface area contributed by atoms with Crippen molar-refractivity contribution >= 4 is 17.2 Å². The zero-order chi connectivity index (χ0) is 24.3. The number of hydrogen-bond donors (Lipinski definition) is 1. The second-order valence-electron chi connectivity index (χ2n) is 10.2. The number of amides is 1. The van der Waals surface area contributed by atoms with E-state index in [0.717, 1.165) is 18.4 Å². The van der Waals surface area contributed by atoms with Gasteiger partial charge in [-0.3, -0.25) is 9.69 Å². The van der Waals surface area contributed by atoms with E-state index in [0.29, 0.717) is 40.7 Å². The summed E-state index contributed by atoms with van der Waals surface area (Å²) in [7, 11) is 0. The number of likely N-dealkylation sites (tertiary alicyclic amines) is 1. The number of ether oxygens (including phenoxy) is 2. The summed E-state index contributed by atoms with van der Waals surface area (Å²) >= 11 is 0. The fraction of sp³-hybridized carbons (Fsp3) is 0.480. The standard InChI is InChI=1S/C25H27F2N5O3/c1-25(2)10-15-7-18(30-24(33)17-11-29-32-5-3-4-28-23(17)32)21(9-20(15)35-25)34-13-16-6-14-8-19(14)31(16)12-22(26)27/h3-5,7,9,11,14,16,19,22H,6,8,10,12-13H2,1-2H3,(H,30,33)/t14-,16+,19?/m1/s1. The predicted octanol–water partition coefficient (Wildman–Crippen LogP) is 3.80. The maximum Gasteiger partial charge on any atom is 0.261 e. The molecule has 2 aliphatic heterocycles. The molecule has 8 nitrogen and oxygen atoms in total. The van der Waals surface area contributed by atoms with Gasteiger partial charge in [-0.1, -0.05) is 0 Å². The van der Waals surface area contributed by atoms with E-state index in [4.69, 9.17) is 9.47 Å². The van der Waals surface area contributed by atoms with Gasteiger partial charge < -0.3 is 14.8 Å². The molecular formula is C25H27F2N5O3. The maximum atomic E-state index is 13.2. The van der Waals surface area contributed by atoms with Gasteiger partial charge in [-0.2, -0.15) is 5.10 Å². The molecular weight excluding hydrogens is 456 g/mol. The first-order valence-electron chi connectivity index (χ1n) is 11.9. The van der Waals surface area contributed by atoms with Gasteiger partial charge in [0.2, 0.25) is 0 Å². The lowest BCUT2D eigenvalue weighted by Crippen LogP contribution is -2.40. The molecule has 1 saturated heterocycles. The Labute approximate surface area is 201 Å². The topological polar surface area (TPSA) is 81.0 Å². The van der Waals surface area contributed by atoms with Crippen molar-refractivity contribution in [3.63, 3.8) is 0 Å². The van der Waals surface area contributed by atoms with Crippen LogP contribution in [0.1, 0.15) is 42.6 Å². The Hall–Kier alpha value is -3.27. The number of carbonyl (C=O) groups is 1. The number of alkyl halides is 2. The van der Waals surface area contributed by atoms with Crippen molar-refractivity contribution in [2.24, 2.45) is 5.92 Å². The van der Waals surface area contributed by atoms with E-state index in [1.54, 1.807) is 24.5 Å². The number of nitrogens with one attached hydrogen (secondary N) is 1. The lowest BCUT2D eigenvalue weighted by atomic mass is 10.0. The van der Waals surface area contributed by atoms with Crippen LogP contribution in [0.3, 0.4) is 0 Å². The van der Waals surface area contributed by atoms with Crippen molar-refractivity contribution in [1.29, 1.82) is 0 Å². The first-order chi connectivity index (χ1) is 16.8. The van der Waals surface area contributed by atoms with Crippen molar-refractivity contribution < 1.29 is 23.0 Å². The van der Waals surface area contributed by atoms with Gasteiger partial charge in [-0.05, 0) is 44.7 Å². The zero-order valence-corrected chi connectivity index (χ0v) is 19.6. The van der Waals surface area contributed by atoms with Gasteiger partial charge in [0, 0.05) is 42.5 Å². The third kappa shape index (κ3) is 4.20. The third-order valence-corrected chi connectivity index (χ3v) is 7.07. The molecule has 1 N–H and O–H groups in total. The minimum atomic E-state index is -2.37. The van der Waals surface area contributed by atoms with Crippen LogP contribution in [0.15, 0.2) is 36.8 Å². The fourth-order valence-electron chi connectivity index (χ4n) is 5.47. The van der Waals surface area contributed by atoms with Crippen LogP contribution in [0, 0.1) is 5.92 Å². The van der Waals surface area contributed by atoms with Crippen LogP contribution in [-0.4, -0.2) is 62.7 Å². The fourth-order valence-corrected chi connectivity index (χ4v) is 5.47. The number of anilines is 1. The summed E-state index contributed by atoms with van der Waals surface area (Å²) in [6.07, 6.45) is 4.96. The number of piperidine rings is 1. The Bertz CT molecular complexity index is 1290. The van der Waals surface area contributed by atoms with E-state index in [9.17, 15) is 13.6 Å². The minimum absolute atomic E-state index is 0.0780. The molecule has 6 rings (SSSR count). The first-order valence-corrected chi connectivity index (χ1v) is 11.9. The Morgan fingerprint density at radius 3 is 3.03 bits per heavy atom. The average Bonchev–Trinajstić information content (AvgIpc) is 3.14. The van der Waals surface area contributed by atoms with Gasteiger partial charge in [0.25, 0.3) is 12.3 Å². The molecule has 1 amide bonds. The summed E-state index contributed by atoms with van der Waals surface area (Å²) in [6.45, 7) is 4.04. The molecule has 1 aliphatic carbocycles. The van der Waals surface area contributed by atoms with E-state index in [1.165, 1.54) is 10.7 Å². The van der Waals surface area contributed by atoms with Crippen LogP contribution in [0.4, 0.5) is 14.5 Å².